The second-order valence-electron chi connectivity index (χ2n) is 7.80. The van der Waals surface area contributed by atoms with Gasteiger partial charge in [-0.1, -0.05) is 0 Å². The summed E-state index contributed by atoms with van der Waals surface area (Å²) < 4.78 is 0. The molecule has 0 atom stereocenters. The second-order valence-corrected chi connectivity index (χ2v) is 19.1. The van der Waals surface area contributed by atoms with E-state index < -0.39 is 0 Å². The van der Waals surface area contributed by atoms with Crippen molar-refractivity contribution in [3.05, 3.63) is 0 Å². The van der Waals surface area contributed by atoms with E-state index in [1.807, 2.05) is 0 Å². The Morgan fingerprint density at radius 1 is 0.333 bits per heavy atom. The predicted octanol–water partition coefficient (Wildman–Crippen LogP) is 9.76. The standard InChI is InChI=1S/2C12H27As.Pd/c2*1-4-7-10-13(11-8-5-2)12-9-6-3;/h2*4-12H2,1-3H3;. The minimum Gasteiger partial charge on any atom is 0 e. The molecule has 0 nitrogen and oxygen atoms in total. The molecule has 0 radical (unpaired) electrons. The molecule has 0 aliphatic rings. The zero-order chi connectivity index (χ0) is 19.9. The SMILES string of the molecule is CCCC[As](CCCC)CCCC.CCCC[As](CCCC)CCCC.[Pd]. The molecule has 0 aromatic carbocycles. The van der Waals surface area contributed by atoms with E-state index in [9.17, 15) is 0 Å². The average Bonchev–Trinajstić information content (AvgIpc) is 2.67. The van der Waals surface area contributed by atoms with E-state index in [2.05, 4.69) is 41.5 Å². The van der Waals surface area contributed by atoms with E-state index in [-0.39, 0.29) is 49.7 Å². The van der Waals surface area contributed by atoms with E-state index in [0.717, 1.165) is 0 Å². The Bertz CT molecular complexity index is 174. The van der Waals surface area contributed by atoms with Crippen molar-refractivity contribution in [3.8, 4) is 0 Å². The molecule has 0 saturated heterocycles. The van der Waals surface area contributed by atoms with E-state index in [1.165, 1.54) is 77.0 Å². The van der Waals surface area contributed by atoms with Crippen molar-refractivity contribution < 1.29 is 20.4 Å². The van der Waals surface area contributed by atoms with Gasteiger partial charge < -0.3 is 0 Å². The Kier molecular flexibility index (Phi) is 37.1. The monoisotopic (exact) mass is 598 g/mol. The fourth-order valence-corrected chi connectivity index (χ4v) is 15.4. The van der Waals surface area contributed by atoms with Crippen LogP contribution >= 0.6 is 0 Å². The van der Waals surface area contributed by atoms with Crippen LogP contribution in [0.25, 0.3) is 0 Å². The molecule has 0 bridgehead atoms. The van der Waals surface area contributed by atoms with Crippen molar-refractivity contribution in [1.29, 1.82) is 0 Å². The normalized spacial score (nSPS) is 10.7. The van der Waals surface area contributed by atoms with E-state index in [4.69, 9.17) is 0 Å². The average molecular weight is 599 g/mol. The molecule has 0 unspecified atom stereocenters. The molecule has 0 spiro atoms. The third-order valence-electron chi connectivity index (χ3n) is 4.97. The Morgan fingerprint density at radius 3 is 0.593 bits per heavy atom. The summed E-state index contributed by atoms with van der Waals surface area (Å²) in [6.07, 6.45) is 17.5. The van der Waals surface area contributed by atoms with Gasteiger partial charge >= 0.3 is 179 Å². The minimum absolute atomic E-state index is 0. The first kappa shape index (κ1) is 33.4. The van der Waals surface area contributed by atoms with Gasteiger partial charge in [0.2, 0.25) is 0 Å². The number of hydrogen-bond donors (Lipinski definition) is 0. The van der Waals surface area contributed by atoms with Crippen LogP contribution in [-0.2, 0) is 20.4 Å². The molecule has 0 saturated carbocycles. The number of hydrogen-bond acceptors (Lipinski definition) is 0. The first-order valence-electron chi connectivity index (χ1n) is 12.1. The first-order chi connectivity index (χ1) is 12.7. The fourth-order valence-electron chi connectivity index (χ4n) is 2.96. The van der Waals surface area contributed by atoms with Crippen LogP contribution in [0, 0.1) is 0 Å². The molecule has 0 aromatic heterocycles. The van der Waals surface area contributed by atoms with Gasteiger partial charge in [-0.25, -0.2) is 0 Å². The molecule has 0 N–H and O–H groups in total. The molecule has 0 fully saturated rings. The molecule has 0 aliphatic heterocycles. The summed E-state index contributed by atoms with van der Waals surface area (Å²) in [6.45, 7) is 14.0. The minimum atomic E-state index is -0.353. The van der Waals surface area contributed by atoms with E-state index in [1.54, 1.807) is 31.3 Å². The van der Waals surface area contributed by atoms with Crippen LogP contribution in [0.4, 0.5) is 0 Å². The smallest absolute Gasteiger partial charge is 0 e. The van der Waals surface area contributed by atoms with Crippen molar-refractivity contribution in [2.75, 3.05) is 0 Å². The maximum atomic E-state index is 2.33. The van der Waals surface area contributed by atoms with Crippen LogP contribution in [0.3, 0.4) is 0 Å². The van der Waals surface area contributed by atoms with Crippen molar-refractivity contribution in [3.63, 3.8) is 0 Å². The van der Waals surface area contributed by atoms with Crippen LogP contribution in [0.1, 0.15) is 119 Å². The predicted molar refractivity (Wildman–Crippen MR) is 130 cm³/mol. The van der Waals surface area contributed by atoms with Gasteiger partial charge in [0.05, 0.1) is 0 Å². The van der Waals surface area contributed by atoms with Crippen LogP contribution < -0.4 is 0 Å². The van der Waals surface area contributed by atoms with Crippen molar-refractivity contribution in [2.24, 2.45) is 0 Å². The molecule has 0 heterocycles. The summed E-state index contributed by atoms with van der Waals surface area (Å²) in [5, 5.41) is 9.77. The van der Waals surface area contributed by atoms with Crippen LogP contribution in [0.15, 0.2) is 0 Å². The Labute approximate surface area is 198 Å². The summed E-state index contributed by atoms with van der Waals surface area (Å²) in [5.41, 5.74) is 0. The van der Waals surface area contributed by atoms with Gasteiger partial charge in [0, 0.05) is 20.4 Å². The third-order valence-corrected chi connectivity index (χ3v) is 16.9. The van der Waals surface area contributed by atoms with Gasteiger partial charge in [-0.05, 0) is 0 Å². The summed E-state index contributed by atoms with van der Waals surface area (Å²) in [6, 6.07) is 0. The van der Waals surface area contributed by atoms with Crippen LogP contribution in [-0.4, -0.2) is 29.3 Å². The van der Waals surface area contributed by atoms with Gasteiger partial charge in [-0.2, -0.15) is 0 Å². The van der Waals surface area contributed by atoms with Gasteiger partial charge in [0.15, 0.2) is 0 Å². The second kappa shape index (κ2) is 30.0. The molecule has 27 heavy (non-hydrogen) atoms. The van der Waals surface area contributed by atoms with Crippen LogP contribution in [0.5, 0.6) is 0 Å². The Hall–Kier alpha value is 1.78. The quantitative estimate of drug-likeness (QED) is 0.138. The van der Waals surface area contributed by atoms with Gasteiger partial charge in [-0.15, -0.1) is 0 Å². The summed E-state index contributed by atoms with van der Waals surface area (Å²) in [7, 11) is 0. The van der Waals surface area contributed by atoms with Crippen LogP contribution in [0.2, 0.25) is 31.3 Å². The van der Waals surface area contributed by atoms with Crippen molar-refractivity contribution in [1.82, 2.24) is 0 Å². The Balaban J connectivity index is -0.000000411. The summed E-state index contributed by atoms with van der Waals surface area (Å²) in [5.74, 6) is 0. The van der Waals surface area contributed by atoms with Crippen molar-refractivity contribution >= 4 is 29.3 Å². The summed E-state index contributed by atoms with van der Waals surface area (Å²) >= 11 is -0.706. The molecule has 0 rings (SSSR count). The van der Waals surface area contributed by atoms with E-state index >= 15 is 0 Å². The first-order valence-corrected chi connectivity index (χ1v) is 20.1. The molecule has 0 amide bonds. The molecular weight excluding hydrogens is 545 g/mol. The molecule has 3 heteroatoms. The third kappa shape index (κ3) is 27.8. The number of rotatable bonds is 18. The maximum absolute atomic E-state index is 2.33. The van der Waals surface area contributed by atoms with Gasteiger partial charge in [0.1, 0.15) is 0 Å². The van der Waals surface area contributed by atoms with Gasteiger partial charge in [-0.3, -0.25) is 0 Å². The Morgan fingerprint density at radius 2 is 0.481 bits per heavy atom. The molecule has 0 aromatic rings. The molecule has 170 valence electrons. The molecular formula is C24H54As2Pd. The molecule has 0 aliphatic carbocycles. The summed E-state index contributed by atoms with van der Waals surface area (Å²) in [4.78, 5) is 0. The zero-order valence-electron chi connectivity index (χ0n) is 19.9. The van der Waals surface area contributed by atoms with Crippen molar-refractivity contribution in [2.45, 2.75) is 150 Å². The maximum Gasteiger partial charge on any atom is 0 e. The zero-order valence-corrected chi connectivity index (χ0v) is 25.2. The fraction of sp³-hybridized carbons (Fsp3) is 1.00. The van der Waals surface area contributed by atoms with E-state index in [0.29, 0.717) is 0 Å². The van der Waals surface area contributed by atoms with Gasteiger partial charge in [0.25, 0.3) is 0 Å². The number of unbranched alkanes of at least 4 members (excludes halogenated alkanes) is 6. The largest absolute Gasteiger partial charge is 0 e. The topological polar surface area (TPSA) is 0 Å².